The minimum absolute atomic E-state index is 0.0264. The van der Waals surface area contributed by atoms with Gasteiger partial charge in [-0.15, -0.1) is 0 Å². The number of nitrogens with one attached hydrogen (secondary N) is 2. The van der Waals surface area contributed by atoms with Crippen LogP contribution in [0.1, 0.15) is 51.9 Å². The number of hydrogen-bond donors (Lipinski definition) is 2. The number of anilines is 4. The van der Waals surface area contributed by atoms with Crippen LogP contribution in [-0.4, -0.2) is 87.9 Å². The van der Waals surface area contributed by atoms with Gasteiger partial charge in [-0.05, 0) is 40.5 Å². The molecule has 0 unspecified atom stereocenters. The molecule has 0 saturated carbocycles. The summed E-state index contributed by atoms with van der Waals surface area (Å²) < 4.78 is 51.4. The highest BCUT2D eigenvalue weighted by Gasteiger charge is 2.49. The van der Waals surface area contributed by atoms with Crippen molar-refractivity contribution in [2.24, 2.45) is 0 Å². The number of nitrogens with zero attached hydrogens (tertiary/aromatic N) is 7. The summed E-state index contributed by atoms with van der Waals surface area (Å²) in [5.41, 5.74) is -0.0333. The van der Waals surface area contributed by atoms with Crippen molar-refractivity contribution in [1.82, 2.24) is 24.8 Å². The van der Waals surface area contributed by atoms with Crippen molar-refractivity contribution in [3.63, 3.8) is 0 Å². The Bertz CT molecular complexity index is 1310. The van der Waals surface area contributed by atoms with Crippen LogP contribution in [0.2, 0.25) is 0 Å². The summed E-state index contributed by atoms with van der Waals surface area (Å²) in [5, 5.41) is 11.1. The monoisotopic (exact) mass is 577 g/mol. The number of carbonyl (C=O) groups excluding carboxylic acids is 1. The molecule has 12 nitrogen and oxygen atoms in total. The number of amidine groups is 1. The quantitative estimate of drug-likeness (QED) is 0.403. The normalized spacial score (nSPS) is 24.0. The molecule has 2 aromatic heterocycles. The number of morpholine rings is 1. The van der Waals surface area contributed by atoms with E-state index in [0.717, 1.165) is 4.90 Å². The van der Waals surface area contributed by atoms with Crippen molar-refractivity contribution < 1.29 is 27.4 Å². The number of fused-ring (bicyclic) bond motifs is 1. The third-order valence-electron chi connectivity index (χ3n) is 7.56. The van der Waals surface area contributed by atoms with Crippen LogP contribution in [0.5, 0.6) is 0 Å². The molecule has 1 amide bonds. The number of aromatic nitrogens is 4. The van der Waals surface area contributed by atoms with Crippen LogP contribution in [0.25, 0.3) is 0 Å². The number of halogens is 3. The van der Waals surface area contributed by atoms with Gasteiger partial charge in [0.25, 0.3) is 6.02 Å². The fraction of sp³-hybridized carbons (Fsp3) is 0.615. The van der Waals surface area contributed by atoms with E-state index in [1.54, 1.807) is 33.3 Å². The Morgan fingerprint density at radius 2 is 1.85 bits per heavy atom. The van der Waals surface area contributed by atoms with Crippen LogP contribution in [0.3, 0.4) is 0 Å². The molecule has 41 heavy (non-hydrogen) atoms. The lowest BCUT2D eigenvalue weighted by Gasteiger charge is -2.35. The van der Waals surface area contributed by atoms with Gasteiger partial charge in [0.1, 0.15) is 17.7 Å². The van der Waals surface area contributed by atoms with Crippen LogP contribution < -0.4 is 15.1 Å². The highest BCUT2D eigenvalue weighted by molar-refractivity contribution is 6.12. The summed E-state index contributed by atoms with van der Waals surface area (Å²) in [6, 6.07) is -2.35. The van der Waals surface area contributed by atoms with Gasteiger partial charge in [-0.1, -0.05) is 0 Å². The van der Waals surface area contributed by atoms with Crippen molar-refractivity contribution >= 4 is 35.2 Å². The third-order valence-corrected chi connectivity index (χ3v) is 7.56. The first-order valence-corrected chi connectivity index (χ1v) is 13.5. The lowest BCUT2D eigenvalue weighted by atomic mass is 9.87. The van der Waals surface area contributed by atoms with E-state index in [2.05, 4.69) is 25.3 Å². The predicted molar refractivity (Wildman–Crippen MR) is 144 cm³/mol. The molecule has 0 radical (unpaired) electrons. The van der Waals surface area contributed by atoms with E-state index in [9.17, 15) is 18.0 Å². The number of hydrogen-bond acceptors (Lipinski definition) is 10. The average Bonchev–Trinajstić information content (AvgIpc) is 3.49. The van der Waals surface area contributed by atoms with Crippen molar-refractivity contribution in [2.75, 3.05) is 41.8 Å². The molecule has 2 N–H and O–H groups in total. The molecular weight excluding hydrogens is 543 g/mol. The van der Waals surface area contributed by atoms with Gasteiger partial charge < -0.3 is 24.6 Å². The number of carbonyl (C=O) groups is 1. The molecule has 0 spiro atoms. The number of alkyl halides is 3. The highest BCUT2D eigenvalue weighted by atomic mass is 19.4. The number of amides is 1. The minimum Gasteiger partial charge on any atom is -0.457 e. The maximum atomic E-state index is 13.7. The minimum atomic E-state index is -4.46. The van der Waals surface area contributed by atoms with E-state index in [0.29, 0.717) is 48.3 Å². The van der Waals surface area contributed by atoms with Gasteiger partial charge in [0, 0.05) is 26.7 Å². The summed E-state index contributed by atoms with van der Waals surface area (Å²) in [6.45, 7) is 8.50. The first-order chi connectivity index (χ1) is 19.3. The number of ether oxygens (including phenoxy) is 2. The highest BCUT2D eigenvalue weighted by Crippen LogP contribution is 2.47. The van der Waals surface area contributed by atoms with Crippen LogP contribution >= 0.6 is 0 Å². The molecule has 3 aliphatic rings. The maximum Gasteiger partial charge on any atom is 0.408 e. The predicted octanol–water partition coefficient (Wildman–Crippen LogP) is 3.36. The lowest BCUT2D eigenvalue weighted by Crippen LogP contribution is -2.46. The van der Waals surface area contributed by atoms with Gasteiger partial charge in [0.15, 0.2) is 12.4 Å². The Morgan fingerprint density at radius 3 is 2.46 bits per heavy atom. The molecule has 2 fully saturated rings. The molecule has 15 heteroatoms. The first-order valence-electron chi connectivity index (χ1n) is 13.5. The van der Waals surface area contributed by atoms with Crippen molar-refractivity contribution in [3.8, 4) is 0 Å². The van der Waals surface area contributed by atoms with Gasteiger partial charge >= 0.3 is 6.18 Å². The van der Waals surface area contributed by atoms with Crippen LogP contribution in [0.15, 0.2) is 12.4 Å². The molecule has 3 atom stereocenters. The van der Waals surface area contributed by atoms with Gasteiger partial charge in [-0.3, -0.25) is 15.1 Å². The molecule has 5 rings (SSSR count). The molecule has 3 aliphatic heterocycles. The summed E-state index contributed by atoms with van der Waals surface area (Å²) in [6.07, 6.45) is -1.06. The Kier molecular flexibility index (Phi) is 7.42. The SMILES string of the molecule is CNc1nc(COC(=N)N2CCC[C@@H]2C(F)(F)F)nc2c1C(C)(C)C(=O)N2c1cnc(N2C[C@@H](C)O[C@@H](C)C2)nc1. The van der Waals surface area contributed by atoms with Crippen LogP contribution in [-0.2, 0) is 26.3 Å². The van der Waals surface area contributed by atoms with E-state index in [-0.39, 0.29) is 43.5 Å². The molecule has 0 aromatic carbocycles. The molecular formula is C26H34F3N9O3. The second-order valence-electron chi connectivity index (χ2n) is 11.1. The third kappa shape index (κ3) is 5.34. The molecule has 5 heterocycles. The smallest absolute Gasteiger partial charge is 0.408 e. The fourth-order valence-corrected chi connectivity index (χ4v) is 5.70. The first kappa shape index (κ1) is 28.8. The van der Waals surface area contributed by atoms with Crippen LogP contribution in [0.4, 0.5) is 36.4 Å². The van der Waals surface area contributed by atoms with E-state index >= 15 is 0 Å². The zero-order chi connectivity index (χ0) is 29.7. The Morgan fingerprint density at radius 1 is 1.20 bits per heavy atom. The summed E-state index contributed by atoms with van der Waals surface area (Å²) in [4.78, 5) is 36.1. The molecule has 2 aromatic rings. The standard InChI is InChI=1S/C26H34F3N9O3/c1-14-11-36(12-15(2)41-14)24-32-9-16(10-33-24)38-21-19(25(3,4)22(38)39)20(31-5)34-18(35-21)13-40-23(30)37-8-6-7-17(37)26(27,28)29/h9-10,14-15,17,30H,6-8,11-13H2,1-5H3,(H,31,34,35)/t14-,15+,17-/m1/s1. The summed E-state index contributed by atoms with van der Waals surface area (Å²) in [7, 11) is 1.65. The van der Waals surface area contributed by atoms with Gasteiger partial charge in [-0.25, -0.2) is 19.9 Å². The van der Waals surface area contributed by atoms with Gasteiger partial charge in [0.05, 0.1) is 41.3 Å². The Hall–Kier alpha value is -3.75. The average molecular weight is 578 g/mol. The summed E-state index contributed by atoms with van der Waals surface area (Å²) >= 11 is 0. The zero-order valence-electron chi connectivity index (χ0n) is 23.6. The van der Waals surface area contributed by atoms with Crippen LogP contribution in [0, 0.1) is 5.41 Å². The second-order valence-corrected chi connectivity index (χ2v) is 11.1. The molecule has 0 bridgehead atoms. The van der Waals surface area contributed by atoms with E-state index in [1.165, 1.54) is 4.90 Å². The van der Waals surface area contributed by atoms with E-state index in [4.69, 9.17) is 14.9 Å². The molecule has 2 saturated heterocycles. The second kappa shape index (κ2) is 10.6. The Labute approximate surface area is 235 Å². The number of likely N-dealkylation sites (tertiary alicyclic amines) is 1. The van der Waals surface area contributed by atoms with Crippen molar-refractivity contribution in [3.05, 3.63) is 23.8 Å². The largest absolute Gasteiger partial charge is 0.457 e. The number of rotatable bonds is 5. The van der Waals surface area contributed by atoms with E-state index in [1.807, 2.05) is 18.7 Å². The van der Waals surface area contributed by atoms with Crippen molar-refractivity contribution in [1.29, 1.82) is 5.41 Å². The maximum absolute atomic E-state index is 13.7. The van der Waals surface area contributed by atoms with Gasteiger partial charge in [0.2, 0.25) is 11.9 Å². The fourth-order valence-electron chi connectivity index (χ4n) is 5.70. The molecule has 222 valence electrons. The van der Waals surface area contributed by atoms with E-state index < -0.39 is 23.7 Å². The molecule has 0 aliphatic carbocycles. The van der Waals surface area contributed by atoms with Crippen molar-refractivity contribution in [2.45, 2.75) is 77.0 Å². The topological polar surface area (TPSA) is 133 Å². The summed E-state index contributed by atoms with van der Waals surface area (Å²) in [5.74, 6) is 1.03. The lowest BCUT2D eigenvalue weighted by molar-refractivity contribution is -0.169. The zero-order valence-corrected chi connectivity index (χ0v) is 23.6. The Balaban J connectivity index is 1.41. The van der Waals surface area contributed by atoms with Gasteiger partial charge in [-0.2, -0.15) is 13.2 Å².